The van der Waals surface area contributed by atoms with Crippen molar-refractivity contribution in [1.29, 1.82) is 0 Å². The molecule has 1 N–H and O–H groups in total. The first-order valence-corrected chi connectivity index (χ1v) is 8.82. The fourth-order valence-electron chi connectivity index (χ4n) is 3.46. The molecule has 0 aliphatic carbocycles. The maximum Gasteiger partial charge on any atom is 0.251 e. The molecule has 1 amide bonds. The normalized spacial score (nSPS) is 16.0. The minimum atomic E-state index is -0.0247. The Morgan fingerprint density at radius 1 is 1.00 bits per heavy atom. The van der Waals surface area contributed by atoms with Crippen LogP contribution < -0.4 is 5.32 Å². The Hall–Kier alpha value is -2.13. The molecule has 0 saturated carbocycles. The molecule has 1 fully saturated rings. The molecule has 1 aliphatic heterocycles. The van der Waals surface area contributed by atoms with Crippen LogP contribution in [0.5, 0.6) is 0 Å². The predicted octanol–water partition coefficient (Wildman–Crippen LogP) is 3.50. The number of nitrogens with one attached hydrogen (secondary N) is 1. The van der Waals surface area contributed by atoms with Gasteiger partial charge >= 0.3 is 0 Å². The first-order valence-electron chi connectivity index (χ1n) is 8.82. The Morgan fingerprint density at radius 3 is 2.29 bits per heavy atom. The molecule has 2 aromatic rings. The number of carbonyl (C=O) groups excluding carboxylic acids is 1. The summed E-state index contributed by atoms with van der Waals surface area (Å²) in [5.41, 5.74) is 3.47. The molecule has 3 heteroatoms. The molecular weight excluding hydrogens is 296 g/mol. The van der Waals surface area contributed by atoms with Crippen molar-refractivity contribution in [3.05, 3.63) is 71.3 Å². The maximum atomic E-state index is 11.6. The van der Waals surface area contributed by atoms with Gasteiger partial charge in [-0.3, -0.25) is 9.69 Å². The summed E-state index contributed by atoms with van der Waals surface area (Å²) < 4.78 is 0. The fraction of sp³-hybridized carbons (Fsp3) is 0.381. The smallest absolute Gasteiger partial charge is 0.251 e. The highest BCUT2D eigenvalue weighted by atomic mass is 16.1. The molecule has 2 aromatic carbocycles. The van der Waals surface area contributed by atoms with Gasteiger partial charge < -0.3 is 5.32 Å². The lowest BCUT2D eigenvalue weighted by molar-refractivity contribution is 0.0963. The lowest BCUT2D eigenvalue weighted by atomic mass is 9.90. The van der Waals surface area contributed by atoms with Gasteiger partial charge in [-0.2, -0.15) is 0 Å². The Bertz CT molecular complexity index is 643. The summed E-state index contributed by atoms with van der Waals surface area (Å²) in [5.74, 6) is 0.780. The maximum absolute atomic E-state index is 11.6. The molecule has 0 atom stereocenters. The summed E-state index contributed by atoms with van der Waals surface area (Å²) in [6.07, 6.45) is 3.74. The summed E-state index contributed by atoms with van der Waals surface area (Å²) in [4.78, 5) is 14.1. The average molecular weight is 322 g/mol. The highest BCUT2D eigenvalue weighted by Gasteiger charge is 2.19. The van der Waals surface area contributed by atoms with Crippen molar-refractivity contribution in [3.63, 3.8) is 0 Å². The van der Waals surface area contributed by atoms with E-state index in [4.69, 9.17) is 0 Å². The second-order valence-electron chi connectivity index (χ2n) is 6.69. The van der Waals surface area contributed by atoms with Crippen LogP contribution >= 0.6 is 0 Å². The molecule has 24 heavy (non-hydrogen) atoms. The third kappa shape index (κ3) is 4.45. The summed E-state index contributed by atoms with van der Waals surface area (Å²) >= 11 is 0. The molecule has 1 aliphatic rings. The van der Waals surface area contributed by atoms with E-state index in [9.17, 15) is 4.79 Å². The molecule has 3 nitrogen and oxygen atoms in total. The largest absolute Gasteiger partial charge is 0.355 e. The zero-order chi connectivity index (χ0) is 16.8. The molecule has 126 valence electrons. The van der Waals surface area contributed by atoms with Gasteiger partial charge in [-0.15, -0.1) is 0 Å². The van der Waals surface area contributed by atoms with Crippen molar-refractivity contribution in [2.45, 2.75) is 25.8 Å². The Morgan fingerprint density at radius 2 is 1.67 bits per heavy atom. The van der Waals surface area contributed by atoms with Crippen LogP contribution in [0.4, 0.5) is 0 Å². The first-order chi connectivity index (χ1) is 11.7. The number of hydrogen-bond donors (Lipinski definition) is 1. The average Bonchev–Trinajstić information content (AvgIpc) is 2.64. The van der Waals surface area contributed by atoms with Crippen molar-refractivity contribution < 1.29 is 4.79 Å². The van der Waals surface area contributed by atoms with Gasteiger partial charge in [0, 0.05) is 19.2 Å². The highest BCUT2D eigenvalue weighted by molar-refractivity contribution is 5.93. The van der Waals surface area contributed by atoms with Crippen LogP contribution in [-0.2, 0) is 13.0 Å². The monoisotopic (exact) mass is 322 g/mol. The van der Waals surface area contributed by atoms with Gasteiger partial charge in [0.1, 0.15) is 0 Å². The number of carbonyl (C=O) groups is 1. The molecular formula is C21H26N2O. The first kappa shape index (κ1) is 16.7. The molecule has 0 unspecified atom stereocenters. The lowest BCUT2D eigenvalue weighted by Gasteiger charge is -2.32. The SMILES string of the molecule is CNC(=O)c1ccc(CN2CCC(Cc3ccccc3)CC2)cc1. The molecule has 3 rings (SSSR count). The molecule has 0 radical (unpaired) electrons. The van der Waals surface area contributed by atoms with Gasteiger partial charge in [-0.1, -0.05) is 42.5 Å². The van der Waals surface area contributed by atoms with Crippen LogP contribution in [0.2, 0.25) is 0 Å². The number of benzene rings is 2. The van der Waals surface area contributed by atoms with Gasteiger partial charge in [0.25, 0.3) is 5.91 Å². The van der Waals surface area contributed by atoms with E-state index in [0.717, 1.165) is 31.1 Å². The van der Waals surface area contributed by atoms with E-state index in [1.54, 1.807) is 7.05 Å². The Labute approximate surface area is 144 Å². The molecule has 1 heterocycles. The van der Waals surface area contributed by atoms with Crippen LogP contribution in [0, 0.1) is 5.92 Å². The highest BCUT2D eigenvalue weighted by Crippen LogP contribution is 2.22. The minimum Gasteiger partial charge on any atom is -0.355 e. The van der Waals surface area contributed by atoms with Gasteiger partial charge in [-0.25, -0.2) is 0 Å². The summed E-state index contributed by atoms with van der Waals surface area (Å²) in [6, 6.07) is 18.8. The zero-order valence-electron chi connectivity index (χ0n) is 14.4. The van der Waals surface area contributed by atoms with E-state index in [2.05, 4.69) is 52.7 Å². The number of hydrogen-bond acceptors (Lipinski definition) is 2. The summed E-state index contributed by atoms with van der Waals surface area (Å²) in [6.45, 7) is 3.30. The van der Waals surface area contributed by atoms with E-state index in [-0.39, 0.29) is 5.91 Å². The van der Waals surface area contributed by atoms with Gasteiger partial charge in [0.15, 0.2) is 0 Å². The van der Waals surface area contributed by atoms with Gasteiger partial charge in [0.05, 0.1) is 0 Å². The minimum absolute atomic E-state index is 0.0247. The second kappa shape index (κ2) is 8.11. The predicted molar refractivity (Wildman–Crippen MR) is 98.0 cm³/mol. The zero-order valence-corrected chi connectivity index (χ0v) is 14.4. The second-order valence-corrected chi connectivity index (χ2v) is 6.69. The van der Waals surface area contributed by atoms with E-state index < -0.39 is 0 Å². The number of likely N-dealkylation sites (tertiary alicyclic amines) is 1. The summed E-state index contributed by atoms with van der Waals surface area (Å²) in [5, 5.41) is 2.66. The lowest BCUT2D eigenvalue weighted by Crippen LogP contribution is -2.33. The van der Waals surface area contributed by atoms with Gasteiger partial charge in [-0.05, 0) is 61.5 Å². The van der Waals surface area contributed by atoms with Crippen molar-refractivity contribution in [1.82, 2.24) is 10.2 Å². The molecule has 1 saturated heterocycles. The van der Waals surface area contributed by atoms with Crippen LogP contribution in [-0.4, -0.2) is 30.9 Å². The number of amides is 1. The number of piperidine rings is 1. The number of rotatable bonds is 5. The van der Waals surface area contributed by atoms with Crippen LogP contribution in [0.3, 0.4) is 0 Å². The van der Waals surface area contributed by atoms with Crippen molar-refractivity contribution in [2.75, 3.05) is 20.1 Å². The van der Waals surface area contributed by atoms with E-state index in [0.29, 0.717) is 0 Å². The van der Waals surface area contributed by atoms with Gasteiger partial charge in [0.2, 0.25) is 0 Å². The Balaban J connectivity index is 1.47. The van der Waals surface area contributed by atoms with E-state index in [1.807, 2.05) is 12.1 Å². The van der Waals surface area contributed by atoms with Crippen LogP contribution in [0.1, 0.15) is 34.3 Å². The Kier molecular flexibility index (Phi) is 5.65. The quantitative estimate of drug-likeness (QED) is 0.914. The standard InChI is InChI=1S/C21H26N2O/c1-22-21(24)20-9-7-19(8-10-20)16-23-13-11-18(12-14-23)15-17-5-3-2-4-6-17/h2-10,18H,11-16H2,1H3,(H,22,24). The third-order valence-corrected chi connectivity index (χ3v) is 4.92. The summed E-state index contributed by atoms with van der Waals surface area (Å²) in [7, 11) is 1.66. The molecule has 0 bridgehead atoms. The number of nitrogens with zero attached hydrogens (tertiary/aromatic N) is 1. The molecule has 0 aromatic heterocycles. The third-order valence-electron chi connectivity index (χ3n) is 4.92. The van der Waals surface area contributed by atoms with Crippen molar-refractivity contribution in [2.24, 2.45) is 5.92 Å². The van der Waals surface area contributed by atoms with E-state index >= 15 is 0 Å². The van der Waals surface area contributed by atoms with E-state index in [1.165, 1.54) is 30.4 Å². The topological polar surface area (TPSA) is 32.3 Å². The molecule has 0 spiro atoms. The van der Waals surface area contributed by atoms with Crippen molar-refractivity contribution in [3.8, 4) is 0 Å². The fourth-order valence-corrected chi connectivity index (χ4v) is 3.46. The van der Waals surface area contributed by atoms with Crippen LogP contribution in [0.15, 0.2) is 54.6 Å². The van der Waals surface area contributed by atoms with Crippen molar-refractivity contribution >= 4 is 5.91 Å². The van der Waals surface area contributed by atoms with Crippen LogP contribution in [0.25, 0.3) is 0 Å².